The van der Waals surface area contributed by atoms with E-state index in [1.54, 1.807) is 11.8 Å². The monoisotopic (exact) mass is 476 g/mol. The molecular formula is C25H28N6O2S. The highest BCUT2D eigenvalue weighted by atomic mass is 32.2. The van der Waals surface area contributed by atoms with Crippen LogP contribution in [0, 0.1) is 0 Å². The fraction of sp³-hybridized carbons (Fsp3) is 0.360. The molecule has 5 rings (SSSR count). The molecule has 1 N–H and O–H groups in total. The normalized spacial score (nSPS) is 13.6. The Labute approximate surface area is 202 Å². The molecule has 0 spiro atoms. The van der Waals surface area contributed by atoms with Gasteiger partial charge in [-0.25, -0.2) is 14.6 Å². The summed E-state index contributed by atoms with van der Waals surface area (Å²) in [4.78, 5) is 24.2. The van der Waals surface area contributed by atoms with Crippen molar-refractivity contribution in [2.75, 3.05) is 36.9 Å². The number of nitrogens with one attached hydrogen (secondary N) is 1. The molecule has 0 radical (unpaired) electrons. The van der Waals surface area contributed by atoms with Gasteiger partial charge in [0.25, 0.3) is 5.91 Å². The van der Waals surface area contributed by atoms with Crippen molar-refractivity contribution in [2.24, 2.45) is 0 Å². The lowest BCUT2D eigenvalue weighted by Gasteiger charge is -2.17. The molecule has 0 aliphatic carbocycles. The third-order valence-corrected chi connectivity index (χ3v) is 6.60. The molecule has 1 aliphatic rings. The van der Waals surface area contributed by atoms with Crippen molar-refractivity contribution < 1.29 is 9.53 Å². The average Bonchev–Trinajstić information content (AvgIpc) is 3.53. The molecule has 0 bridgehead atoms. The van der Waals surface area contributed by atoms with Crippen LogP contribution in [0.15, 0.2) is 53.8 Å². The van der Waals surface area contributed by atoms with Gasteiger partial charge >= 0.3 is 0 Å². The van der Waals surface area contributed by atoms with Crippen molar-refractivity contribution in [3.8, 4) is 5.75 Å². The van der Waals surface area contributed by atoms with Gasteiger partial charge in [0.2, 0.25) is 0 Å². The van der Waals surface area contributed by atoms with E-state index in [-0.39, 0.29) is 12.5 Å². The molecule has 34 heavy (non-hydrogen) atoms. The number of fused-ring (bicyclic) bond motifs is 2. The molecular weight excluding hydrogens is 448 g/mol. The van der Waals surface area contributed by atoms with E-state index in [0.29, 0.717) is 18.8 Å². The van der Waals surface area contributed by atoms with Gasteiger partial charge in [-0.2, -0.15) is 5.10 Å². The Morgan fingerprint density at radius 3 is 2.76 bits per heavy atom. The molecule has 1 aliphatic heterocycles. The maximum atomic E-state index is 12.3. The van der Waals surface area contributed by atoms with Crippen LogP contribution in [0.25, 0.3) is 21.8 Å². The Morgan fingerprint density at radius 1 is 1.12 bits per heavy atom. The smallest absolute Gasteiger partial charge is 0.258 e. The Morgan fingerprint density at radius 2 is 1.94 bits per heavy atom. The minimum Gasteiger partial charge on any atom is -0.484 e. The minimum absolute atomic E-state index is 0.0310. The SMILES string of the molecule is CCSc1nc(N2CCCC2)c2cnn(CCNC(=O)COc3ccc4ccccc4c3)c2n1. The van der Waals surface area contributed by atoms with Gasteiger partial charge in [-0.15, -0.1) is 0 Å². The summed E-state index contributed by atoms with van der Waals surface area (Å²) in [5.74, 6) is 2.39. The van der Waals surface area contributed by atoms with Crippen LogP contribution in [0.3, 0.4) is 0 Å². The summed E-state index contributed by atoms with van der Waals surface area (Å²) >= 11 is 1.63. The minimum atomic E-state index is -0.167. The van der Waals surface area contributed by atoms with Crippen molar-refractivity contribution in [1.29, 1.82) is 0 Å². The average molecular weight is 477 g/mol. The number of anilines is 1. The zero-order chi connectivity index (χ0) is 23.3. The number of thioether (sulfide) groups is 1. The molecule has 1 amide bonds. The van der Waals surface area contributed by atoms with Crippen molar-refractivity contribution in [2.45, 2.75) is 31.5 Å². The first-order valence-electron chi connectivity index (χ1n) is 11.7. The van der Waals surface area contributed by atoms with E-state index in [2.05, 4.69) is 22.2 Å². The number of nitrogens with zero attached hydrogens (tertiary/aromatic N) is 5. The summed E-state index contributed by atoms with van der Waals surface area (Å²) in [7, 11) is 0. The lowest BCUT2D eigenvalue weighted by molar-refractivity contribution is -0.123. The van der Waals surface area contributed by atoms with Gasteiger partial charge in [-0.1, -0.05) is 49.0 Å². The molecule has 1 saturated heterocycles. The largest absolute Gasteiger partial charge is 0.484 e. The van der Waals surface area contributed by atoms with Gasteiger partial charge in [0.15, 0.2) is 17.4 Å². The predicted octanol–water partition coefficient (Wildman–Crippen LogP) is 3.89. The third-order valence-electron chi connectivity index (χ3n) is 5.87. The third kappa shape index (κ3) is 4.94. The van der Waals surface area contributed by atoms with Crippen molar-refractivity contribution in [1.82, 2.24) is 25.1 Å². The van der Waals surface area contributed by atoms with Crippen LogP contribution in [-0.2, 0) is 11.3 Å². The van der Waals surface area contributed by atoms with E-state index in [4.69, 9.17) is 14.7 Å². The lowest BCUT2D eigenvalue weighted by Crippen LogP contribution is -2.31. The number of hydrogen-bond acceptors (Lipinski definition) is 7. The van der Waals surface area contributed by atoms with E-state index in [1.807, 2.05) is 53.3 Å². The second-order valence-electron chi connectivity index (χ2n) is 8.21. The summed E-state index contributed by atoms with van der Waals surface area (Å²) in [6.45, 7) is 5.06. The predicted molar refractivity (Wildman–Crippen MR) is 136 cm³/mol. The first-order valence-corrected chi connectivity index (χ1v) is 12.7. The number of aromatic nitrogens is 4. The first-order chi connectivity index (χ1) is 16.7. The first kappa shape index (κ1) is 22.5. The Hall–Kier alpha value is -3.33. The summed E-state index contributed by atoms with van der Waals surface area (Å²) in [6.07, 6.45) is 4.21. The van der Waals surface area contributed by atoms with Crippen LogP contribution < -0.4 is 15.0 Å². The van der Waals surface area contributed by atoms with Crippen LogP contribution in [0.1, 0.15) is 19.8 Å². The molecule has 2 aromatic carbocycles. The number of hydrogen-bond donors (Lipinski definition) is 1. The van der Waals surface area contributed by atoms with Crippen LogP contribution in [0.2, 0.25) is 0 Å². The van der Waals surface area contributed by atoms with Crippen LogP contribution in [0.4, 0.5) is 5.82 Å². The zero-order valence-electron chi connectivity index (χ0n) is 19.2. The number of rotatable bonds is 9. The summed E-state index contributed by atoms with van der Waals surface area (Å²) in [5.41, 5.74) is 0.814. The van der Waals surface area contributed by atoms with Gasteiger partial charge in [0.05, 0.1) is 18.1 Å². The highest BCUT2D eigenvalue weighted by Crippen LogP contribution is 2.29. The van der Waals surface area contributed by atoms with Gasteiger partial charge in [-0.05, 0) is 41.5 Å². The summed E-state index contributed by atoms with van der Waals surface area (Å²) in [5, 5.41) is 11.4. The molecule has 1 fully saturated rings. The van der Waals surface area contributed by atoms with E-state index < -0.39 is 0 Å². The standard InChI is InChI=1S/C25H28N6O2S/c1-2-34-25-28-23(30-12-5-6-13-30)21-16-27-31(24(21)29-25)14-11-26-22(32)17-33-20-10-9-18-7-3-4-8-19(18)15-20/h3-4,7-10,15-16H,2,5-6,11-14,17H2,1H3,(H,26,32). The van der Waals surface area contributed by atoms with Crippen molar-refractivity contribution in [3.05, 3.63) is 48.7 Å². The fourth-order valence-electron chi connectivity index (χ4n) is 4.21. The molecule has 0 unspecified atom stereocenters. The van der Waals surface area contributed by atoms with E-state index in [1.165, 1.54) is 12.8 Å². The van der Waals surface area contributed by atoms with Crippen LogP contribution >= 0.6 is 11.8 Å². The molecule has 176 valence electrons. The molecule has 0 atom stereocenters. The number of carbonyl (C=O) groups is 1. The topological polar surface area (TPSA) is 85.2 Å². The quantitative estimate of drug-likeness (QED) is 0.290. The highest BCUT2D eigenvalue weighted by molar-refractivity contribution is 7.99. The molecule has 8 nitrogen and oxygen atoms in total. The molecule has 9 heteroatoms. The highest BCUT2D eigenvalue weighted by Gasteiger charge is 2.20. The van der Waals surface area contributed by atoms with E-state index in [9.17, 15) is 4.79 Å². The molecule has 0 saturated carbocycles. The van der Waals surface area contributed by atoms with Crippen molar-refractivity contribution in [3.63, 3.8) is 0 Å². The molecule has 3 heterocycles. The second-order valence-corrected chi connectivity index (χ2v) is 9.44. The number of carbonyl (C=O) groups excluding carboxylic acids is 1. The van der Waals surface area contributed by atoms with E-state index in [0.717, 1.165) is 51.6 Å². The summed E-state index contributed by atoms with van der Waals surface area (Å²) < 4.78 is 7.53. The van der Waals surface area contributed by atoms with Gasteiger partial charge in [0, 0.05) is 19.6 Å². The Balaban J connectivity index is 1.20. The molecule has 4 aromatic rings. The Kier molecular flexibility index (Phi) is 6.80. The van der Waals surface area contributed by atoms with Crippen LogP contribution in [0.5, 0.6) is 5.75 Å². The van der Waals surface area contributed by atoms with E-state index >= 15 is 0 Å². The number of ether oxygens (including phenoxy) is 1. The fourth-order valence-corrected chi connectivity index (χ4v) is 4.77. The number of benzene rings is 2. The number of amides is 1. The van der Waals surface area contributed by atoms with Gasteiger partial charge < -0.3 is 15.0 Å². The summed E-state index contributed by atoms with van der Waals surface area (Å²) in [6, 6.07) is 13.9. The van der Waals surface area contributed by atoms with Gasteiger partial charge in [-0.3, -0.25) is 4.79 Å². The second kappa shape index (κ2) is 10.3. The van der Waals surface area contributed by atoms with Gasteiger partial charge in [0.1, 0.15) is 11.6 Å². The van der Waals surface area contributed by atoms with Crippen molar-refractivity contribution >= 4 is 45.3 Å². The molecule has 2 aromatic heterocycles. The maximum absolute atomic E-state index is 12.3. The van der Waals surface area contributed by atoms with Crippen LogP contribution in [-0.4, -0.2) is 57.6 Å². The lowest BCUT2D eigenvalue weighted by atomic mass is 10.1. The maximum Gasteiger partial charge on any atom is 0.258 e. The Bertz CT molecular complexity index is 1300. The zero-order valence-corrected chi connectivity index (χ0v) is 20.1.